The number of nitrogens with zero attached hydrogens (tertiary/aromatic N) is 3. The first-order valence-corrected chi connectivity index (χ1v) is 7.09. The van der Waals surface area contributed by atoms with Gasteiger partial charge in [-0.3, -0.25) is 9.36 Å². The highest BCUT2D eigenvalue weighted by Gasteiger charge is 2.40. The monoisotopic (exact) mass is 306 g/mol. The highest BCUT2D eigenvalue weighted by molar-refractivity contribution is 5.92. The van der Waals surface area contributed by atoms with Crippen LogP contribution in [0.4, 0.5) is 8.78 Å². The fraction of sp³-hybridized carbons (Fsp3) is 0.400. The molecule has 1 unspecified atom stereocenters. The van der Waals surface area contributed by atoms with Gasteiger partial charge in [0.05, 0.1) is 0 Å². The van der Waals surface area contributed by atoms with Gasteiger partial charge in [-0.1, -0.05) is 0 Å². The number of aryl methyl sites for hydroxylation is 1. The van der Waals surface area contributed by atoms with Crippen molar-refractivity contribution in [2.75, 3.05) is 0 Å². The number of halogens is 2. The molecule has 7 heteroatoms. The molecule has 22 heavy (non-hydrogen) atoms. The minimum atomic E-state index is -2.68. The second kappa shape index (κ2) is 5.47. The number of imidazole rings is 1. The van der Waals surface area contributed by atoms with Crippen molar-refractivity contribution in [2.24, 2.45) is 0 Å². The zero-order chi connectivity index (χ0) is 15.7. The van der Waals surface area contributed by atoms with Gasteiger partial charge in [0, 0.05) is 31.3 Å². The summed E-state index contributed by atoms with van der Waals surface area (Å²) in [4.78, 5) is 20.5. The maximum absolute atomic E-state index is 13.2. The standard InChI is InChI=1S/C15H16F2N4O/c1-10-6-12(20-13(7-10)21-5-4-18-9-21)14(22)19-11-2-3-15(16,17)8-11/h4-7,9,11H,2-3,8H2,1H3,(H,19,22). The fourth-order valence-corrected chi connectivity index (χ4v) is 2.62. The zero-order valence-electron chi connectivity index (χ0n) is 12.1. The number of carbonyl (C=O) groups excluding carboxylic acids is 1. The highest BCUT2D eigenvalue weighted by Crippen LogP contribution is 2.34. The maximum atomic E-state index is 13.2. The molecule has 2 aromatic heterocycles. The molecule has 1 saturated carbocycles. The Hall–Kier alpha value is -2.31. The predicted molar refractivity (Wildman–Crippen MR) is 76.1 cm³/mol. The van der Waals surface area contributed by atoms with E-state index in [-0.39, 0.29) is 18.5 Å². The van der Waals surface area contributed by atoms with Crippen molar-refractivity contribution in [1.82, 2.24) is 19.9 Å². The number of hydrogen-bond donors (Lipinski definition) is 1. The summed E-state index contributed by atoms with van der Waals surface area (Å²) in [7, 11) is 0. The molecule has 0 bridgehead atoms. The van der Waals surface area contributed by atoms with Crippen molar-refractivity contribution in [1.29, 1.82) is 0 Å². The van der Waals surface area contributed by atoms with Crippen LogP contribution in [0, 0.1) is 6.92 Å². The first-order chi connectivity index (χ1) is 10.4. The van der Waals surface area contributed by atoms with E-state index in [1.807, 2.05) is 13.0 Å². The van der Waals surface area contributed by atoms with E-state index in [4.69, 9.17) is 0 Å². The number of carbonyl (C=O) groups is 1. The maximum Gasteiger partial charge on any atom is 0.270 e. The fourth-order valence-electron chi connectivity index (χ4n) is 2.62. The van der Waals surface area contributed by atoms with Gasteiger partial charge in [-0.2, -0.15) is 0 Å². The molecule has 0 spiro atoms. The molecule has 1 amide bonds. The second-order valence-electron chi connectivity index (χ2n) is 5.63. The molecule has 2 heterocycles. The zero-order valence-corrected chi connectivity index (χ0v) is 12.1. The lowest BCUT2D eigenvalue weighted by Gasteiger charge is -2.13. The lowest BCUT2D eigenvalue weighted by Crippen LogP contribution is -2.34. The molecule has 0 aliphatic heterocycles. The van der Waals surface area contributed by atoms with Gasteiger partial charge < -0.3 is 5.32 Å². The average molecular weight is 306 g/mol. The third-order valence-corrected chi connectivity index (χ3v) is 3.70. The summed E-state index contributed by atoms with van der Waals surface area (Å²) in [5.41, 5.74) is 1.08. The molecule has 1 aliphatic carbocycles. The highest BCUT2D eigenvalue weighted by atomic mass is 19.3. The van der Waals surface area contributed by atoms with Crippen LogP contribution in [0.5, 0.6) is 0 Å². The van der Waals surface area contributed by atoms with Gasteiger partial charge in [0.2, 0.25) is 5.92 Å². The Kier molecular flexibility index (Phi) is 3.64. The number of alkyl halides is 2. The van der Waals surface area contributed by atoms with Crippen LogP contribution in [0.1, 0.15) is 35.3 Å². The van der Waals surface area contributed by atoms with Crippen molar-refractivity contribution in [3.8, 4) is 5.82 Å². The summed E-state index contributed by atoms with van der Waals surface area (Å²) < 4.78 is 28.1. The van der Waals surface area contributed by atoms with Crippen molar-refractivity contribution in [2.45, 2.75) is 38.2 Å². The molecular formula is C15H16F2N4O. The molecule has 0 aromatic carbocycles. The normalized spacial score (nSPS) is 20.0. The predicted octanol–water partition coefficient (Wildman–Crippen LogP) is 2.49. The number of pyridine rings is 1. The summed E-state index contributed by atoms with van der Waals surface area (Å²) in [6.07, 6.45) is 4.73. The lowest BCUT2D eigenvalue weighted by molar-refractivity contribution is 0.00710. The Morgan fingerprint density at radius 3 is 2.91 bits per heavy atom. The van der Waals surface area contributed by atoms with E-state index in [0.29, 0.717) is 12.2 Å². The number of amides is 1. The minimum absolute atomic E-state index is 0.181. The molecule has 3 rings (SSSR count). The number of nitrogens with one attached hydrogen (secondary N) is 1. The topological polar surface area (TPSA) is 59.8 Å². The van der Waals surface area contributed by atoms with E-state index in [1.165, 1.54) is 0 Å². The summed E-state index contributed by atoms with van der Waals surface area (Å²) in [5.74, 6) is -2.54. The Labute approximate surface area is 126 Å². The van der Waals surface area contributed by atoms with Gasteiger partial charge in [0.15, 0.2) is 0 Å². The Bertz CT molecular complexity index is 685. The first-order valence-electron chi connectivity index (χ1n) is 7.09. The van der Waals surface area contributed by atoms with Gasteiger partial charge in [-0.25, -0.2) is 18.7 Å². The molecule has 1 fully saturated rings. The van der Waals surface area contributed by atoms with Crippen molar-refractivity contribution >= 4 is 5.91 Å². The molecular weight excluding hydrogens is 290 g/mol. The third kappa shape index (κ3) is 3.13. The van der Waals surface area contributed by atoms with Gasteiger partial charge in [-0.15, -0.1) is 0 Å². The molecule has 116 valence electrons. The van der Waals surface area contributed by atoms with E-state index >= 15 is 0 Å². The second-order valence-corrected chi connectivity index (χ2v) is 5.63. The smallest absolute Gasteiger partial charge is 0.270 e. The van der Waals surface area contributed by atoms with Crippen LogP contribution in [0.15, 0.2) is 30.9 Å². The first kappa shape index (κ1) is 14.6. The Morgan fingerprint density at radius 1 is 1.45 bits per heavy atom. The van der Waals surface area contributed by atoms with Crippen molar-refractivity contribution in [3.63, 3.8) is 0 Å². The molecule has 1 N–H and O–H groups in total. The van der Waals surface area contributed by atoms with Crippen LogP contribution in [0.3, 0.4) is 0 Å². The number of hydrogen-bond acceptors (Lipinski definition) is 3. The van der Waals surface area contributed by atoms with Gasteiger partial charge in [0.25, 0.3) is 5.91 Å². The SMILES string of the molecule is Cc1cc(C(=O)NC2CCC(F)(F)C2)nc(-n2ccnc2)c1. The van der Waals surface area contributed by atoms with Crippen LogP contribution < -0.4 is 5.32 Å². The van der Waals surface area contributed by atoms with E-state index in [0.717, 1.165) is 5.56 Å². The van der Waals surface area contributed by atoms with E-state index in [1.54, 1.807) is 29.4 Å². The summed E-state index contributed by atoms with van der Waals surface area (Å²) in [6, 6.07) is 2.96. The average Bonchev–Trinajstić information content (AvgIpc) is 3.08. The summed E-state index contributed by atoms with van der Waals surface area (Å²) in [5, 5.41) is 2.64. The van der Waals surface area contributed by atoms with Crippen LogP contribution in [-0.4, -0.2) is 32.4 Å². The summed E-state index contributed by atoms with van der Waals surface area (Å²) in [6.45, 7) is 1.85. The van der Waals surface area contributed by atoms with Crippen molar-refractivity contribution < 1.29 is 13.6 Å². The van der Waals surface area contributed by atoms with Gasteiger partial charge in [-0.05, 0) is 31.0 Å². The van der Waals surface area contributed by atoms with Crippen LogP contribution in [0.2, 0.25) is 0 Å². The lowest BCUT2D eigenvalue weighted by atomic mass is 10.2. The van der Waals surface area contributed by atoms with Crippen LogP contribution >= 0.6 is 0 Å². The van der Waals surface area contributed by atoms with Crippen molar-refractivity contribution in [3.05, 3.63) is 42.1 Å². The molecule has 0 radical (unpaired) electrons. The largest absolute Gasteiger partial charge is 0.348 e. The van der Waals surface area contributed by atoms with E-state index in [9.17, 15) is 13.6 Å². The van der Waals surface area contributed by atoms with Crippen LogP contribution in [0.25, 0.3) is 5.82 Å². The molecule has 1 aliphatic rings. The molecule has 5 nitrogen and oxygen atoms in total. The van der Waals surface area contributed by atoms with Gasteiger partial charge in [0.1, 0.15) is 17.8 Å². The third-order valence-electron chi connectivity index (χ3n) is 3.70. The molecule has 2 aromatic rings. The molecule has 0 saturated heterocycles. The number of rotatable bonds is 3. The van der Waals surface area contributed by atoms with Crippen LogP contribution in [-0.2, 0) is 0 Å². The van der Waals surface area contributed by atoms with Gasteiger partial charge >= 0.3 is 0 Å². The Morgan fingerprint density at radius 2 is 2.27 bits per heavy atom. The number of aromatic nitrogens is 3. The van der Waals surface area contributed by atoms with E-state index in [2.05, 4.69) is 15.3 Å². The Balaban J connectivity index is 1.78. The summed E-state index contributed by atoms with van der Waals surface area (Å²) >= 11 is 0. The quantitative estimate of drug-likeness (QED) is 0.948. The van der Waals surface area contributed by atoms with E-state index < -0.39 is 17.9 Å². The minimum Gasteiger partial charge on any atom is -0.348 e. The molecule has 1 atom stereocenters.